The van der Waals surface area contributed by atoms with Crippen molar-refractivity contribution < 1.29 is 56.5 Å². The summed E-state index contributed by atoms with van der Waals surface area (Å²) < 4.78 is 166. The summed E-state index contributed by atoms with van der Waals surface area (Å²) in [6.07, 6.45) is 2.16. The molecule has 0 bridgehead atoms. The maximum Gasteiger partial charge on any atom is 0.438 e. The molecule has 0 aromatic heterocycles. The third kappa shape index (κ3) is 7.93. The summed E-state index contributed by atoms with van der Waals surface area (Å²) in [6, 6.07) is 5.73. The lowest BCUT2D eigenvalue weighted by Crippen LogP contribution is -2.67. The summed E-state index contributed by atoms with van der Waals surface area (Å²) in [4.78, 5) is 0. The Morgan fingerprint density at radius 1 is 0.786 bits per heavy atom. The third-order valence-corrected chi connectivity index (χ3v) is 9.54. The van der Waals surface area contributed by atoms with Gasteiger partial charge in [-0.25, -0.2) is 8.42 Å². The monoisotopic (exact) mass is 662 g/mol. The van der Waals surface area contributed by atoms with Gasteiger partial charge in [-0.05, 0) is 53.7 Å². The Hall–Kier alpha value is -1.56. The molecule has 0 aliphatic heterocycles. The van der Waals surface area contributed by atoms with Crippen molar-refractivity contribution in [3.8, 4) is 0 Å². The van der Waals surface area contributed by atoms with Crippen molar-refractivity contribution in [2.24, 2.45) is 22.5 Å². The van der Waals surface area contributed by atoms with Crippen molar-refractivity contribution in [2.45, 2.75) is 89.7 Å². The number of hydrogen-bond acceptors (Lipinski definition) is 5. The van der Waals surface area contributed by atoms with Crippen molar-refractivity contribution in [2.75, 3.05) is 13.1 Å². The Morgan fingerprint density at radius 2 is 1.21 bits per heavy atom. The van der Waals surface area contributed by atoms with Gasteiger partial charge in [-0.15, -0.1) is 0 Å². The molecular weight excluding hydrogens is 624 g/mol. The molecule has 0 amide bonds. The fourth-order valence-electron chi connectivity index (χ4n) is 4.48. The van der Waals surface area contributed by atoms with Crippen molar-refractivity contribution in [3.05, 3.63) is 35.4 Å². The Morgan fingerprint density at radius 3 is 1.60 bits per heavy atom. The van der Waals surface area contributed by atoms with Gasteiger partial charge < -0.3 is 5.73 Å². The van der Waals surface area contributed by atoms with Crippen LogP contribution in [0.5, 0.6) is 0 Å². The van der Waals surface area contributed by atoms with Gasteiger partial charge in [0.25, 0.3) is 10.0 Å². The van der Waals surface area contributed by atoms with Crippen LogP contribution in [0.4, 0.5) is 35.1 Å². The molecule has 1 aromatic rings. The van der Waals surface area contributed by atoms with Crippen LogP contribution < -0.4 is 5.73 Å². The molecule has 3 N–H and O–H groups in total. The number of halogens is 8. The minimum atomic E-state index is -7.53. The molecule has 0 spiro atoms. The van der Waals surface area contributed by atoms with Gasteiger partial charge in [-0.1, -0.05) is 65.8 Å². The van der Waals surface area contributed by atoms with E-state index in [0.717, 1.165) is 25.3 Å². The van der Waals surface area contributed by atoms with E-state index in [-0.39, 0.29) is 26.6 Å². The first-order valence-corrected chi connectivity index (χ1v) is 15.6. The highest BCUT2D eigenvalue weighted by molar-refractivity contribution is 7.90. The first kappa shape index (κ1) is 38.5. The van der Waals surface area contributed by atoms with E-state index < -0.39 is 55.6 Å². The van der Waals surface area contributed by atoms with Crippen LogP contribution in [-0.2, 0) is 33.1 Å². The minimum absolute atomic E-state index is 0.0204. The van der Waals surface area contributed by atoms with E-state index in [1.165, 1.54) is 12.1 Å². The van der Waals surface area contributed by atoms with Gasteiger partial charge in [0.1, 0.15) is 0 Å². The smallest absolute Gasteiger partial charge is 0.330 e. The highest BCUT2D eigenvalue weighted by atomic mass is 32.2. The molecule has 0 fully saturated rings. The van der Waals surface area contributed by atoms with Crippen molar-refractivity contribution in [3.63, 3.8) is 0 Å². The van der Waals surface area contributed by atoms with Crippen LogP contribution in [0.1, 0.15) is 65.5 Å². The maximum absolute atomic E-state index is 14.6. The molecule has 1 atom stereocenters. The SMILES string of the molecule is CCN(Cc1ccc(CC(CC(C)(C)C)CC(C)(C)CN)cc1)S(=O)(=O)C(F)(F)C(F)(F)C(F)(F)C(F)(F)S(=O)(=O)O. The number of alkyl halides is 8. The Bertz CT molecular complexity index is 1280. The maximum atomic E-state index is 14.6. The first-order chi connectivity index (χ1) is 18.5. The Labute approximate surface area is 241 Å². The van der Waals surface area contributed by atoms with E-state index in [0.29, 0.717) is 13.0 Å². The van der Waals surface area contributed by atoms with Crippen LogP contribution in [0.25, 0.3) is 0 Å². The topological polar surface area (TPSA) is 118 Å². The average Bonchev–Trinajstić information content (AvgIpc) is 2.80. The van der Waals surface area contributed by atoms with Crippen LogP contribution in [0.2, 0.25) is 0 Å². The Balaban J connectivity index is 3.33. The van der Waals surface area contributed by atoms with Crippen molar-refractivity contribution in [1.29, 1.82) is 0 Å². The number of nitrogens with two attached hydrogens (primary N) is 1. The molecule has 42 heavy (non-hydrogen) atoms. The van der Waals surface area contributed by atoms with E-state index in [1.54, 1.807) is 12.1 Å². The molecule has 0 heterocycles. The zero-order valence-corrected chi connectivity index (χ0v) is 25.7. The van der Waals surface area contributed by atoms with E-state index in [9.17, 15) is 52.0 Å². The van der Waals surface area contributed by atoms with Gasteiger partial charge in [0, 0.05) is 13.1 Å². The summed E-state index contributed by atoms with van der Waals surface area (Å²) >= 11 is 0. The predicted molar refractivity (Wildman–Crippen MR) is 142 cm³/mol. The fraction of sp³-hybridized carbons (Fsp3) is 0.760. The van der Waals surface area contributed by atoms with Gasteiger partial charge in [0.15, 0.2) is 0 Å². The zero-order valence-electron chi connectivity index (χ0n) is 24.1. The molecule has 0 aliphatic carbocycles. The van der Waals surface area contributed by atoms with Crippen LogP contribution >= 0.6 is 0 Å². The summed E-state index contributed by atoms with van der Waals surface area (Å²) in [5, 5.41) is -14.1. The van der Waals surface area contributed by atoms with Crippen molar-refractivity contribution in [1.82, 2.24) is 4.31 Å². The molecule has 0 radical (unpaired) electrons. The summed E-state index contributed by atoms with van der Waals surface area (Å²) in [5.41, 5.74) is 6.44. The molecule has 1 unspecified atom stereocenters. The molecule has 0 aliphatic rings. The van der Waals surface area contributed by atoms with E-state index in [1.807, 2.05) is 13.8 Å². The van der Waals surface area contributed by atoms with Crippen LogP contribution in [0.3, 0.4) is 0 Å². The number of benzene rings is 1. The molecule has 246 valence electrons. The number of rotatable bonds is 15. The Kier molecular flexibility index (Phi) is 11.4. The van der Waals surface area contributed by atoms with Crippen LogP contribution in [0, 0.1) is 16.7 Å². The van der Waals surface area contributed by atoms with E-state index in [2.05, 4.69) is 20.8 Å². The van der Waals surface area contributed by atoms with E-state index in [4.69, 9.17) is 10.3 Å². The molecule has 0 saturated carbocycles. The lowest BCUT2D eigenvalue weighted by Gasteiger charge is -2.36. The summed E-state index contributed by atoms with van der Waals surface area (Å²) in [5.74, 6) is -14.8. The highest BCUT2D eigenvalue weighted by Gasteiger charge is 2.87. The number of sulfonamides is 1. The third-order valence-electron chi connectivity index (χ3n) is 6.67. The standard InChI is InChI=1S/C25H38F8N2O5S2/c1-7-35(41(36,37)24(30,31)22(26,27)23(28,29)25(32,33)42(38,39)40)15-18-10-8-17(9-11-18)12-19(13-20(2,3)4)14-21(5,6)16-34/h8-11,19H,7,12-16,34H2,1-6H3,(H,38,39,40). The average molecular weight is 663 g/mol. The van der Waals surface area contributed by atoms with Crippen LogP contribution in [-0.4, -0.2) is 61.1 Å². The molecule has 17 heteroatoms. The largest absolute Gasteiger partial charge is 0.438 e. The van der Waals surface area contributed by atoms with Crippen molar-refractivity contribution >= 4 is 20.1 Å². The molecule has 1 aromatic carbocycles. The van der Waals surface area contributed by atoms with Gasteiger partial charge in [0.05, 0.1) is 0 Å². The van der Waals surface area contributed by atoms with Crippen LogP contribution in [0.15, 0.2) is 24.3 Å². The molecular formula is C25H38F8N2O5S2. The van der Waals surface area contributed by atoms with E-state index >= 15 is 0 Å². The fourth-order valence-corrected chi connectivity index (χ4v) is 6.37. The molecule has 1 rings (SSSR count). The zero-order chi connectivity index (χ0) is 33.4. The second-order valence-electron chi connectivity index (χ2n) is 12.3. The van der Waals surface area contributed by atoms with Gasteiger partial charge >= 0.3 is 32.5 Å². The predicted octanol–water partition coefficient (Wildman–Crippen LogP) is 6.15. The lowest BCUT2D eigenvalue weighted by atomic mass is 9.74. The van der Waals surface area contributed by atoms with Gasteiger partial charge in [0.2, 0.25) is 0 Å². The quantitative estimate of drug-likeness (QED) is 0.172. The number of nitrogens with zero attached hydrogens (tertiary/aromatic N) is 1. The van der Waals surface area contributed by atoms with Gasteiger partial charge in [-0.3, -0.25) is 4.55 Å². The molecule has 0 saturated heterocycles. The lowest BCUT2D eigenvalue weighted by molar-refractivity contribution is -0.327. The second-order valence-corrected chi connectivity index (χ2v) is 15.8. The highest BCUT2D eigenvalue weighted by Crippen LogP contribution is 2.56. The number of hydrogen-bond donors (Lipinski definition) is 2. The first-order valence-electron chi connectivity index (χ1n) is 12.8. The summed E-state index contributed by atoms with van der Waals surface area (Å²) in [7, 11) is -14.2. The molecule has 7 nitrogen and oxygen atoms in total. The van der Waals surface area contributed by atoms with Gasteiger partial charge in [-0.2, -0.15) is 47.8 Å². The summed E-state index contributed by atoms with van der Waals surface area (Å²) in [6.45, 7) is 9.58. The minimum Gasteiger partial charge on any atom is -0.330 e. The normalized spacial score (nSPS) is 15.7. The second kappa shape index (κ2) is 12.4.